The van der Waals surface area contributed by atoms with E-state index < -0.39 is 0 Å². The summed E-state index contributed by atoms with van der Waals surface area (Å²) in [5, 5.41) is 1.70. The molecule has 1 amide bonds. The molecule has 0 N–H and O–H groups in total. The smallest absolute Gasteiger partial charge is 0.350 e. The first-order valence-corrected chi connectivity index (χ1v) is 9.09. The number of hydrogen-bond donors (Lipinski definition) is 0. The second-order valence-electron chi connectivity index (χ2n) is 6.60. The normalized spacial score (nSPS) is 19.4. The molecule has 8 heteroatoms. The van der Waals surface area contributed by atoms with Crippen LogP contribution >= 0.6 is 0 Å². The highest BCUT2D eigenvalue weighted by atomic mass is 16.7. The highest BCUT2D eigenvalue weighted by molar-refractivity contribution is 5.73. The topological polar surface area (TPSA) is 75.2 Å². The molecule has 142 valence electrons. The molecule has 0 atom stereocenters. The van der Waals surface area contributed by atoms with Crippen molar-refractivity contribution in [1.82, 2.24) is 14.9 Å². The van der Waals surface area contributed by atoms with Gasteiger partial charge < -0.3 is 19.4 Å². The quantitative estimate of drug-likeness (QED) is 0.763. The van der Waals surface area contributed by atoms with Crippen LogP contribution in [0.1, 0.15) is 19.8 Å². The Hall–Kier alpha value is -2.19. The van der Waals surface area contributed by atoms with Crippen molar-refractivity contribution in [2.75, 3.05) is 50.8 Å². The molecule has 8 nitrogen and oxygen atoms in total. The minimum atomic E-state index is -0.364. The van der Waals surface area contributed by atoms with Gasteiger partial charge in [-0.25, -0.2) is 4.79 Å². The van der Waals surface area contributed by atoms with Gasteiger partial charge >= 0.3 is 5.97 Å². The Morgan fingerprint density at radius 2 is 1.73 bits per heavy atom. The molecule has 0 bridgehead atoms. The second-order valence-corrected chi connectivity index (χ2v) is 6.60. The molecule has 1 aromatic heterocycles. The van der Waals surface area contributed by atoms with Crippen molar-refractivity contribution in [3.05, 3.63) is 24.5 Å². The Labute approximate surface area is 153 Å². The summed E-state index contributed by atoms with van der Waals surface area (Å²) in [7, 11) is 0. The van der Waals surface area contributed by atoms with Crippen molar-refractivity contribution >= 4 is 17.6 Å². The third-order valence-electron chi connectivity index (χ3n) is 4.82. The second kappa shape index (κ2) is 8.95. The van der Waals surface area contributed by atoms with Crippen LogP contribution in [0, 0.1) is 0 Å². The lowest BCUT2D eigenvalue weighted by Gasteiger charge is -2.34. The van der Waals surface area contributed by atoms with Gasteiger partial charge in [-0.2, -0.15) is 0 Å². The van der Waals surface area contributed by atoms with Gasteiger partial charge in [-0.05, 0) is 25.0 Å². The van der Waals surface area contributed by atoms with Crippen LogP contribution in [0.25, 0.3) is 0 Å². The predicted octanol–water partition coefficient (Wildman–Crippen LogP) is 0.689. The highest BCUT2D eigenvalue weighted by Gasteiger charge is 2.24. The number of piperazine rings is 1. The van der Waals surface area contributed by atoms with E-state index in [0.29, 0.717) is 26.2 Å². The number of aromatic nitrogens is 1. The monoisotopic (exact) mass is 362 g/mol. The minimum Gasteiger partial charge on any atom is -0.369 e. The average molecular weight is 362 g/mol. The maximum absolute atomic E-state index is 12.0. The van der Waals surface area contributed by atoms with Crippen LogP contribution in [0.4, 0.5) is 5.69 Å². The number of anilines is 1. The Balaban J connectivity index is 1.33. The van der Waals surface area contributed by atoms with E-state index in [0.717, 1.165) is 31.6 Å². The summed E-state index contributed by atoms with van der Waals surface area (Å²) in [5.74, 6) is -0.273. The van der Waals surface area contributed by atoms with E-state index >= 15 is 0 Å². The molecular formula is C18H26N4O4. The zero-order valence-corrected chi connectivity index (χ0v) is 15.2. The molecule has 0 unspecified atom stereocenters. The minimum absolute atomic E-state index is 0.0155. The van der Waals surface area contributed by atoms with Crippen LogP contribution in [0.3, 0.4) is 0 Å². The van der Waals surface area contributed by atoms with Crippen LogP contribution in [-0.4, -0.2) is 78.8 Å². The lowest BCUT2D eigenvalue weighted by atomic mass is 10.1. The standard InChI is InChI=1S/C18H26N4O4/c1-15(23)20-8-4-17(5-9-20)25-14-18(24)26-22-12-10-21(11-13-22)16-2-6-19-7-3-16/h2-3,6-7,17H,4-5,8-14H2,1H3. The molecule has 2 saturated heterocycles. The fraction of sp³-hybridized carbons (Fsp3) is 0.611. The van der Waals surface area contributed by atoms with E-state index in [-0.39, 0.29) is 24.6 Å². The summed E-state index contributed by atoms with van der Waals surface area (Å²) < 4.78 is 5.65. The lowest BCUT2D eigenvalue weighted by molar-refractivity contribution is -0.198. The third kappa shape index (κ3) is 5.15. The van der Waals surface area contributed by atoms with Crippen molar-refractivity contribution in [2.45, 2.75) is 25.9 Å². The van der Waals surface area contributed by atoms with Crippen LogP contribution in [0.5, 0.6) is 0 Å². The molecule has 0 aliphatic carbocycles. The zero-order valence-electron chi connectivity index (χ0n) is 15.2. The Bertz CT molecular complexity index is 596. The van der Waals surface area contributed by atoms with E-state index in [1.165, 1.54) is 0 Å². The van der Waals surface area contributed by atoms with Crippen LogP contribution in [-0.2, 0) is 19.2 Å². The number of piperidine rings is 1. The number of carbonyl (C=O) groups is 2. The Kier molecular flexibility index (Phi) is 6.40. The molecule has 2 aliphatic heterocycles. The molecule has 3 heterocycles. The number of carbonyl (C=O) groups excluding carboxylic acids is 2. The number of hydroxylamine groups is 2. The zero-order chi connectivity index (χ0) is 18.4. The van der Waals surface area contributed by atoms with Gasteiger partial charge in [-0.15, -0.1) is 5.06 Å². The fourth-order valence-electron chi connectivity index (χ4n) is 3.29. The molecule has 0 spiro atoms. The van der Waals surface area contributed by atoms with Gasteiger partial charge in [0.05, 0.1) is 19.2 Å². The number of rotatable bonds is 5. The predicted molar refractivity (Wildman–Crippen MR) is 95.3 cm³/mol. The number of likely N-dealkylation sites (tertiary alicyclic amines) is 1. The van der Waals surface area contributed by atoms with Crippen molar-refractivity contribution in [3.8, 4) is 0 Å². The summed E-state index contributed by atoms with van der Waals surface area (Å²) in [4.78, 5) is 36.8. The van der Waals surface area contributed by atoms with E-state index in [9.17, 15) is 9.59 Å². The Morgan fingerprint density at radius 1 is 1.08 bits per heavy atom. The first-order chi connectivity index (χ1) is 12.6. The molecule has 0 saturated carbocycles. The lowest BCUT2D eigenvalue weighted by Crippen LogP contribution is -2.47. The van der Waals surface area contributed by atoms with Crippen LogP contribution in [0.15, 0.2) is 24.5 Å². The van der Waals surface area contributed by atoms with Crippen LogP contribution in [0.2, 0.25) is 0 Å². The van der Waals surface area contributed by atoms with Gasteiger partial charge in [0.15, 0.2) is 0 Å². The van der Waals surface area contributed by atoms with Crippen molar-refractivity contribution in [3.63, 3.8) is 0 Å². The summed E-state index contributed by atoms with van der Waals surface area (Å²) in [6.07, 6.45) is 5.09. The molecular weight excluding hydrogens is 336 g/mol. The van der Waals surface area contributed by atoms with Gasteiger partial charge in [0.2, 0.25) is 5.91 Å². The van der Waals surface area contributed by atoms with E-state index in [1.54, 1.807) is 29.3 Å². The van der Waals surface area contributed by atoms with E-state index in [4.69, 9.17) is 9.57 Å². The highest BCUT2D eigenvalue weighted by Crippen LogP contribution is 2.16. The molecule has 0 radical (unpaired) electrons. The largest absolute Gasteiger partial charge is 0.369 e. The molecule has 2 aliphatic rings. The van der Waals surface area contributed by atoms with Gasteiger partial charge in [-0.3, -0.25) is 9.78 Å². The van der Waals surface area contributed by atoms with Gasteiger partial charge in [0.1, 0.15) is 6.61 Å². The van der Waals surface area contributed by atoms with E-state index in [2.05, 4.69) is 9.88 Å². The van der Waals surface area contributed by atoms with Gasteiger partial charge in [0.25, 0.3) is 0 Å². The van der Waals surface area contributed by atoms with Crippen molar-refractivity contribution < 1.29 is 19.2 Å². The number of pyridine rings is 1. The van der Waals surface area contributed by atoms with Gasteiger partial charge in [-0.1, -0.05) is 0 Å². The van der Waals surface area contributed by atoms with Gasteiger partial charge in [0, 0.05) is 51.2 Å². The number of ether oxygens (including phenoxy) is 1. The molecule has 3 rings (SSSR count). The van der Waals surface area contributed by atoms with Crippen LogP contribution < -0.4 is 4.90 Å². The SMILES string of the molecule is CC(=O)N1CCC(OCC(=O)ON2CCN(c3ccncc3)CC2)CC1. The molecule has 0 aromatic carbocycles. The maximum atomic E-state index is 12.0. The average Bonchev–Trinajstić information content (AvgIpc) is 2.68. The van der Waals surface area contributed by atoms with Crippen molar-refractivity contribution in [1.29, 1.82) is 0 Å². The summed E-state index contributed by atoms with van der Waals surface area (Å²) in [6, 6.07) is 3.96. The number of amides is 1. The maximum Gasteiger partial charge on any atom is 0.350 e. The number of nitrogens with zero attached hydrogens (tertiary/aromatic N) is 4. The van der Waals surface area contributed by atoms with Crippen molar-refractivity contribution in [2.24, 2.45) is 0 Å². The molecule has 2 fully saturated rings. The first kappa shape index (κ1) is 18.6. The van der Waals surface area contributed by atoms with E-state index in [1.807, 2.05) is 12.1 Å². The summed E-state index contributed by atoms with van der Waals surface area (Å²) in [5.41, 5.74) is 1.13. The summed E-state index contributed by atoms with van der Waals surface area (Å²) in [6.45, 7) is 5.81. The fourth-order valence-corrected chi connectivity index (χ4v) is 3.29. The molecule has 1 aromatic rings. The molecule has 26 heavy (non-hydrogen) atoms. The Morgan fingerprint density at radius 3 is 2.35 bits per heavy atom. The number of hydrogen-bond acceptors (Lipinski definition) is 7. The summed E-state index contributed by atoms with van der Waals surface area (Å²) >= 11 is 0. The third-order valence-corrected chi connectivity index (χ3v) is 4.82. The first-order valence-electron chi connectivity index (χ1n) is 9.09.